The molecule has 0 radical (unpaired) electrons. The van der Waals surface area contributed by atoms with Crippen molar-refractivity contribution in [2.75, 3.05) is 6.61 Å². The van der Waals surface area contributed by atoms with Gasteiger partial charge in [0.25, 0.3) is 0 Å². The first kappa shape index (κ1) is 14.0. The summed E-state index contributed by atoms with van der Waals surface area (Å²) in [5.74, 6) is 0.971. The van der Waals surface area contributed by atoms with Crippen molar-refractivity contribution >= 4 is 0 Å². The molecule has 1 aromatic rings. The fourth-order valence-electron chi connectivity index (χ4n) is 1.96. The van der Waals surface area contributed by atoms with E-state index in [9.17, 15) is 0 Å². The van der Waals surface area contributed by atoms with Gasteiger partial charge in [0.15, 0.2) is 0 Å². The van der Waals surface area contributed by atoms with Gasteiger partial charge in [-0.15, -0.1) is 0 Å². The highest BCUT2D eigenvalue weighted by atomic mass is 16.5. The van der Waals surface area contributed by atoms with Crippen LogP contribution in [0.3, 0.4) is 0 Å². The van der Waals surface area contributed by atoms with Gasteiger partial charge in [0.2, 0.25) is 0 Å². The fraction of sp³-hybridized carbons (Fsp3) is 0.600. The summed E-state index contributed by atoms with van der Waals surface area (Å²) in [6.45, 7) is 7.03. The van der Waals surface area contributed by atoms with Crippen LogP contribution in [0.25, 0.3) is 0 Å². The number of aryl methyl sites for hydroxylation is 2. The van der Waals surface area contributed by atoms with Gasteiger partial charge in [-0.3, -0.25) is 0 Å². The number of hydrogen-bond acceptors (Lipinski definition) is 2. The number of rotatable bonds is 7. The van der Waals surface area contributed by atoms with E-state index in [4.69, 9.17) is 10.5 Å². The van der Waals surface area contributed by atoms with Crippen LogP contribution in [0.4, 0.5) is 0 Å². The van der Waals surface area contributed by atoms with E-state index in [1.54, 1.807) is 0 Å². The molecule has 0 aliphatic rings. The lowest BCUT2D eigenvalue weighted by atomic mass is 10.00. The molecular formula is C15H25NO. The number of ether oxygens (including phenoxy) is 1. The molecule has 0 spiro atoms. The van der Waals surface area contributed by atoms with Crippen LogP contribution in [-0.4, -0.2) is 12.6 Å². The lowest BCUT2D eigenvalue weighted by Crippen LogP contribution is -2.18. The third-order valence-electron chi connectivity index (χ3n) is 3.17. The molecule has 1 rings (SSSR count). The molecule has 2 heteroatoms. The Morgan fingerprint density at radius 3 is 2.65 bits per heavy atom. The first-order chi connectivity index (χ1) is 8.17. The summed E-state index contributed by atoms with van der Waals surface area (Å²) < 4.78 is 5.48. The summed E-state index contributed by atoms with van der Waals surface area (Å²) in [6, 6.07) is 6.72. The van der Waals surface area contributed by atoms with Gasteiger partial charge in [0, 0.05) is 6.04 Å². The first-order valence-electron chi connectivity index (χ1n) is 6.65. The third-order valence-corrected chi connectivity index (χ3v) is 3.17. The molecule has 0 saturated carbocycles. The van der Waals surface area contributed by atoms with E-state index >= 15 is 0 Å². The van der Waals surface area contributed by atoms with E-state index in [1.165, 1.54) is 17.5 Å². The molecule has 2 nitrogen and oxygen atoms in total. The predicted octanol–water partition coefficient (Wildman–Crippen LogP) is 3.45. The van der Waals surface area contributed by atoms with Crippen LogP contribution in [0, 0.1) is 6.92 Å². The van der Waals surface area contributed by atoms with Gasteiger partial charge in [-0.2, -0.15) is 0 Å². The predicted molar refractivity (Wildman–Crippen MR) is 73.6 cm³/mol. The molecule has 1 unspecified atom stereocenters. The summed E-state index contributed by atoms with van der Waals surface area (Å²) in [6.07, 6.45) is 4.47. The Morgan fingerprint density at radius 1 is 1.29 bits per heavy atom. The topological polar surface area (TPSA) is 35.2 Å². The molecule has 0 aliphatic carbocycles. The van der Waals surface area contributed by atoms with Crippen molar-refractivity contribution < 1.29 is 4.74 Å². The van der Waals surface area contributed by atoms with Crippen LogP contribution in [-0.2, 0) is 6.42 Å². The molecule has 0 fully saturated rings. The lowest BCUT2D eigenvalue weighted by Gasteiger charge is -2.11. The molecule has 0 aliphatic heterocycles. The second-order valence-electron chi connectivity index (χ2n) is 4.58. The first-order valence-corrected chi connectivity index (χ1v) is 6.65. The summed E-state index contributed by atoms with van der Waals surface area (Å²) in [5.41, 5.74) is 8.65. The Kier molecular flexibility index (Phi) is 6.06. The van der Waals surface area contributed by atoms with Crippen LogP contribution in [0.5, 0.6) is 5.75 Å². The third kappa shape index (κ3) is 4.78. The van der Waals surface area contributed by atoms with E-state index in [0.717, 1.165) is 31.6 Å². The zero-order valence-electron chi connectivity index (χ0n) is 11.3. The maximum Gasteiger partial charge on any atom is 0.119 e. The average molecular weight is 235 g/mol. The van der Waals surface area contributed by atoms with Crippen LogP contribution in [0.1, 0.15) is 44.2 Å². The van der Waals surface area contributed by atoms with Gasteiger partial charge < -0.3 is 10.5 Å². The van der Waals surface area contributed by atoms with Crippen LogP contribution < -0.4 is 10.5 Å². The highest BCUT2D eigenvalue weighted by molar-refractivity contribution is 5.34. The largest absolute Gasteiger partial charge is 0.494 e. The van der Waals surface area contributed by atoms with Crippen molar-refractivity contribution in [3.05, 3.63) is 29.3 Å². The quantitative estimate of drug-likeness (QED) is 0.785. The zero-order chi connectivity index (χ0) is 12.7. The van der Waals surface area contributed by atoms with E-state index in [0.29, 0.717) is 6.04 Å². The van der Waals surface area contributed by atoms with E-state index < -0.39 is 0 Å². The molecule has 1 aromatic carbocycles. The molecule has 0 bridgehead atoms. The molecule has 17 heavy (non-hydrogen) atoms. The highest BCUT2D eigenvalue weighted by Gasteiger charge is 2.03. The average Bonchev–Trinajstić information content (AvgIpc) is 2.32. The minimum absolute atomic E-state index is 0.359. The molecule has 0 aromatic heterocycles. The van der Waals surface area contributed by atoms with E-state index in [2.05, 4.69) is 32.0 Å². The standard InChI is InChI=1S/C15H25NO/c1-4-14(16)8-6-7-13-9-10-15(17-5-2)11-12(13)3/h9-11,14H,4-8,16H2,1-3H3. The monoisotopic (exact) mass is 235 g/mol. The van der Waals surface area contributed by atoms with E-state index in [-0.39, 0.29) is 0 Å². The number of benzene rings is 1. The molecule has 0 heterocycles. The molecule has 0 saturated heterocycles. The van der Waals surface area contributed by atoms with Gasteiger partial charge in [-0.1, -0.05) is 13.0 Å². The number of nitrogens with two attached hydrogens (primary N) is 1. The van der Waals surface area contributed by atoms with Gasteiger partial charge in [0.1, 0.15) is 5.75 Å². The smallest absolute Gasteiger partial charge is 0.119 e. The van der Waals surface area contributed by atoms with Crippen molar-refractivity contribution in [1.82, 2.24) is 0 Å². The Morgan fingerprint density at radius 2 is 2.06 bits per heavy atom. The summed E-state index contributed by atoms with van der Waals surface area (Å²) in [7, 11) is 0. The highest BCUT2D eigenvalue weighted by Crippen LogP contribution is 2.19. The van der Waals surface area contributed by atoms with Gasteiger partial charge in [0.05, 0.1) is 6.61 Å². The van der Waals surface area contributed by atoms with Crippen LogP contribution in [0.2, 0.25) is 0 Å². The lowest BCUT2D eigenvalue weighted by molar-refractivity contribution is 0.340. The normalized spacial score (nSPS) is 12.5. The summed E-state index contributed by atoms with van der Waals surface area (Å²) >= 11 is 0. The van der Waals surface area contributed by atoms with Crippen LogP contribution >= 0.6 is 0 Å². The Balaban J connectivity index is 2.48. The molecule has 0 amide bonds. The second kappa shape index (κ2) is 7.33. The Hall–Kier alpha value is -1.02. The molecule has 2 N–H and O–H groups in total. The van der Waals surface area contributed by atoms with Crippen LogP contribution in [0.15, 0.2) is 18.2 Å². The minimum Gasteiger partial charge on any atom is -0.494 e. The zero-order valence-corrected chi connectivity index (χ0v) is 11.3. The SMILES string of the molecule is CCOc1ccc(CCCC(N)CC)c(C)c1. The summed E-state index contributed by atoms with van der Waals surface area (Å²) in [4.78, 5) is 0. The van der Waals surface area contributed by atoms with Crippen molar-refractivity contribution in [3.63, 3.8) is 0 Å². The summed E-state index contributed by atoms with van der Waals surface area (Å²) in [5, 5.41) is 0. The van der Waals surface area contributed by atoms with Crippen molar-refractivity contribution in [1.29, 1.82) is 0 Å². The van der Waals surface area contributed by atoms with Gasteiger partial charge in [-0.05, 0) is 62.8 Å². The minimum atomic E-state index is 0.359. The van der Waals surface area contributed by atoms with Crippen molar-refractivity contribution in [2.24, 2.45) is 5.73 Å². The maximum atomic E-state index is 5.92. The molecule has 96 valence electrons. The van der Waals surface area contributed by atoms with Gasteiger partial charge in [-0.25, -0.2) is 0 Å². The molecular weight excluding hydrogens is 210 g/mol. The maximum absolute atomic E-state index is 5.92. The fourth-order valence-corrected chi connectivity index (χ4v) is 1.96. The molecule has 1 atom stereocenters. The van der Waals surface area contributed by atoms with Crippen molar-refractivity contribution in [2.45, 2.75) is 52.5 Å². The van der Waals surface area contributed by atoms with E-state index in [1.807, 2.05) is 6.92 Å². The van der Waals surface area contributed by atoms with Gasteiger partial charge >= 0.3 is 0 Å². The Labute approximate surface area is 105 Å². The Bertz CT molecular complexity index is 336. The number of hydrogen-bond donors (Lipinski definition) is 1. The van der Waals surface area contributed by atoms with Crippen molar-refractivity contribution in [3.8, 4) is 5.75 Å². The second-order valence-corrected chi connectivity index (χ2v) is 4.58.